The molecule has 0 atom stereocenters. The Morgan fingerprint density at radius 3 is 2.45 bits per heavy atom. The molecule has 1 aliphatic carbocycles. The molecule has 0 spiro atoms. The lowest BCUT2D eigenvalue weighted by Gasteiger charge is -2.08. The molecule has 11 heavy (non-hydrogen) atoms. The molecule has 1 rings (SSSR count). The second-order valence-corrected chi connectivity index (χ2v) is 4.03. The zero-order valence-electron chi connectivity index (χ0n) is 6.03. The van der Waals surface area contributed by atoms with E-state index >= 15 is 0 Å². The maximum absolute atomic E-state index is 10.7. The Kier molecular flexibility index (Phi) is 1.89. The normalized spacial score (nSPS) is 20.8. The Labute approximate surface area is 65.0 Å². The van der Waals surface area contributed by atoms with Gasteiger partial charge < -0.3 is 0 Å². The van der Waals surface area contributed by atoms with Crippen LogP contribution in [0.1, 0.15) is 19.8 Å². The van der Waals surface area contributed by atoms with Gasteiger partial charge in [0.1, 0.15) is 0 Å². The molecule has 0 aliphatic heterocycles. The van der Waals surface area contributed by atoms with Gasteiger partial charge >= 0.3 is 10.3 Å². The molecule has 64 valence electrons. The van der Waals surface area contributed by atoms with Crippen molar-refractivity contribution in [1.82, 2.24) is 4.72 Å². The van der Waals surface area contributed by atoms with E-state index in [-0.39, 0.29) is 6.41 Å². The molecule has 0 saturated heterocycles. The van der Waals surface area contributed by atoms with E-state index in [4.69, 9.17) is 0 Å². The fourth-order valence-corrected chi connectivity index (χ4v) is 1.47. The monoisotopic (exact) mass is 179 g/mol. The zero-order chi connectivity index (χ0) is 8.54. The molecule has 1 saturated carbocycles. The quantitative estimate of drug-likeness (QED) is 0.593. The van der Waals surface area contributed by atoms with E-state index in [1.165, 1.54) is 0 Å². The number of nitrogens with one attached hydrogen (secondary N) is 1. The molecular formula is C5H9NO4S. The van der Waals surface area contributed by atoms with Gasteiger partial charge in [0.15, 0.2) is 0 Å². The second-order valence-electron chi connectivity index (χ2n) is 2.72. The summed E-state index contributed by atoms with van der Waals surface area (Å²) in [6, 6.07) is 0. The van der Waals surface area contributed by atoms with Crippen LogP contribution in [0.3, 0.4) is 0 Å². The summed E-state index contributed by atoms with van der Waals surface area (Å²) in [5.74, 6) is 0. The number of rotatable bonds is 4. The van der Waals surface area contributed by atoms with Crippen molar-refractivity contribution in [1.29, 1.82) is 0 Å². The van der Waals surface area contributed by atoms with Crippen LogP contribution >= 0.6 is 0 Å². The van der Waals surface area contributed by atoms with Gasteiger partial charge in [-0.2, -0.15) is 8.42 Å². The molecule has 1 fully saturated rings. The predicted octanol–water partition coefficient (Wildman–Crippen LogP) is -0.454. The van der Waals surface area contributed by atoms with Gasteiger partial charge in [-0.1, -0.05) is 0 Å². The number of amides is 1. The van der Waals surface area contributed by atoms with Crippen LogP contribution in [0.4, 0.5) is 0 Å². The van der Waals surface area contributed by atoms with E-state index in [0.29, 0.717) is 12.8 Å². The Morgan fingerprint density at radius 2 is 2.09 bits per heavy atom. The standard InChI is InChI=1S/C5H9NO4S/c1-5(2-3-5)10-11(8,9)6-4-7/h4H,2-3H2,1H3,(H,6,7). The van der Waals surface area contributed by atoms with Gasteiger partial charge in [0, 0.05) is 0 Å². The summed E-state index contributed by atoms with van der Waals surface area (Å²) >= 11 is 0. The summed E-state index contributed by atoms with van der Waals surface area (Å²) in [6.45, 7) is 1.68. The van der Waals surface area contributed by atoms with Crippen molar-refractivity contribution in [3.63, 3.8) is 0 Å². The van der Waals surface area contributed by atoms with Crippen LogP contribution < -0.4 is 4.72 Å². The van der Waals surface area contributed by atoms with Gasteiger partial charge in [0.2, 0.25) is 6.41 Å². The summed E-state index contributed by atoms with van der Waals surface area (Å²) in [4.78, 5) is 9.76. The van der Waals surface area contributed by atoms with Crippen molar-refractivity contribution in [2.24, 2.45) is 0 Å². The molecule has 0 heterocycles. The summed E-state index contributed by atoms with van der Waals surface area (Å²) in [5.41, 5.74) is -0.575. The highest BCUT2D eigenvalue weighted by atomic mass is 32.2. The number of hydrogen-bond acceptors (Lipinski definition) is 4. The second kappa shape index (κ2) is 2.46. The zero-order valence-corrected chi connectivity index (χ0v) is 6.85. The van der Waals surface area contributed by atoms with Crippen molar-refractivity contribution >= 4 is 16.7 Å². The third kappa shape index (κ3) is 2.47. The molecule has 5 nitrogen and oxygen atoms in total. The van der Waals surface area contributed by atoms with E-state index in [1.807, 2.05) is 0 Å². The molecule has 6 heteroatoms. The van der Waals surface area contributed by atoms with Crippen molar-refractivity contribution < 1.29 is 17.4 Å². The topological polar surface area (TPSA) is 72.5 Å². The minimum Gasteiger partial charge on any atom is -0.278 e. The minimum atomic E-state index is -3.84. The highest BCUT2D eigenvalue weighted by molar-refractivity contribution is 7.85. The van der Waals surface area contributed by atoms with Gasteiger partial charge in [-0.3, -0.25) is 4.79 Å². The van der Waals surface area contributed by atoms with Crippen LogP contribution in [0.5, 0.6) is 0 Å². The molecule has 1 aliphatic rings. The Balaban J connectivity index is 2.53. The lowest BCUT2D eigenvalue weighted by Crippen LogP contribution is -2.28. The maximum atomic E-state index is 10.7. The van der Waals surface area contributed by atoms with Crippen LogP contribution in [0.2, 0.25) is 0 Å². The van der Waals surface area contributed by atoms with E-state index in [1.54, 1.807) is 11.6 Å². The summed E-state index contributed by atoms with van der Waals surface area (Å²) in [6.07, 6.45) is 1.51. The maximum Gasteiger partial charge on any atom is 0.362 e. The Hall–Kier alpha value is -0.620. The van der Waals surface area contributed by atoms with Crippen LogP contribution in [-0.4, -0.2) is 20.4 Å². The van der Waals surface area contributed by atoms with Crippen molar-refractivity contribution in [3.8, 4) is 0 Å². The van der Waals surface area contributed by atoms with Gasteiger partial charge in [-0.05, 0) is 19.8 Å². The smallest absolute Gasteiger partial charge is 0.278 e. The molecule has 0 radical (unpaired) electrons. The van der Waals surface area contributed by atoms with E-state index in [0.717, 1.165) is 0 Å². The van der Waals surface area contributed by atoms with E-state index in [9.17, 15) is 13.2 Å². The molecular weight excluding hydrogens is 170 g/mol. The van der Waals surface area contributed by atoms with Crippen LogP contribution in [0.15, 0.2) is 0 Å². The fraction of sp³-hybridized carbons (Fsp3) is 0.800. The van der Waals surface area contributed by atoms with Crippen molar-refractivity contribution in [2.75, 3.05) is 0 Å². The lowest BCUT2D eigenvalue weighted by molar-refractivity contribution is -0.108. The first kappa shape index (κ1) is 8.48. The molecule has 0 bridgehead atoms. The first-order chi connectivity index (χ1) is 4.97. The van der Waals surface area contributed by atoms with Crippen LogP contribution in [0, 0.1) is 0 Å². The average molecular weight is 179 g/mol. The van der Waals surface area contributed by atoms with Crippen LogP contribution in [0.25, 0.3) is 0 Å². The molecule has 1 amide bonds. The highest BCUT2D eigenvalue weighted by Crippen LogP contribution is 2.39. The van der Waals surface area contributed by atoms with Gasteiger partial charge in [-0.25, -0.2) is 8.91 Å². The lowest BCUT2D eigenvalue weighted by atomic mass is 10.4. The molecule has 1 N–H and O–H groups in total. The van der Waals surface area contributed by atoms with Crippen molar-refractivity contribution in [2.45, 2.75) is 25.4 Å². The first-order valence-electron chi connectivity index (χ1n) is 3.14. The number of carbonyl (C=O) groups is 1. The molecule has 0 aromatic heterocycles. The number of carbonyl (C=O) groups excluding carboxylic acids is 1. The fourth-order valence-electron chi connectivity index (χ4n) is 0.607. The predicted molar refractivity (Wildman–Crippen MR) is 36.8 cm³/mol. The molecule has 0 aromatic carbocycles. The third-order valence-corrected chi connectivity index (χ3v) is 2.46. The Bertz CT molecular complexity index is 254. The average Bonchev–Trinajstić information content (AvgIpc) is 2.45. The largest absolute Gasteiger partial charge is 0.362 e. The first-order valence-corrected chi connectivity index (χ1v) is 4.55. The molecule has 0 unspecified atom stereocenters. The van der Waals surface area contributed by atoms with Gasteiger partial charge in [-0.15, -0.1) is 0 Å². The van der Waals surface area contributed by atoms with E-state index < -0.39 is 15.9 Å². The van der Waals surface area contributed by atoms with Crippen LogP contribution in [-0.2, 0) is 19.3 Å². The van der Waals surface area contributed by atoms with Gasteiger partial charge in [0.05, 0.1) is 5.60 Å². The molecule has 0 aromatic rings. The Morgan fingerprint density at radius 1 is 1.55 bits per heavy atom. The number of hydrogen-bond donors (Lipinski definition) is 1. The van der Waals surface area contributed by atoms with E-state index in [2.05, 4.69) is 4.18 Å². The van der Waals surface area contributed by atoms with Crippen molar-refractivity contribution in [3.05, 3.63) is 0 Å². The third-order valence-electron chi connectivity index (χ3n) is 1.46. The minimum absolute atomic E-state index is 0.0844. The summed E-state index contributed by atoms with van der Waals surface area (Å²) in [7, 11) is -3.84. The SMILES string of the molecule is CC1(OS(=O)(=O)NC=O)CC1. The van der Waals surface area contributed by atoms with Gasteiger partial charge in [0.25, 0.3) is 0 Å². The summed E-state index contributed by atoms with van der Waals surface area (Å²) < 4.78 is 27.6. The summed E-state index contributed by atoms with van der Waals surface area (Å²) in [5, 5.41) is 0. The highest BCUT2D eigenvalue weighted by Gasteiger charge is 2.43.